The second-order valence-corrected chi connectivity index (χ2v) is 6.41. The van der Waals surface area contributed by atoms with Crippen molar-refractivity contribution < 1.29 is 4.79 Å². The van der Waals surface area contributed by atoms with Crippen LogP contribution in [-0.4, -0.2) is 30.6 Å². The Bertz CT molecular complexity index is 872. The van der Waals surface area contributed by atoms with Crippen LogP contribution < -0.4 is 5.32 Å². The summed E-state index contributed by atoms with van der Waals surface area (Å²) in [5.41, 5.74) is 3.01. The molecule has 0 unspecified atom stereocenters. The molecule has 3 rings (SSSR count). The molecule has 1 aliphatic heterocycles. The number of hydrogen-bond donors (Lipinski definition) is 1. The van der Waals surface area contributed by atoms with E-state index in [9.17, 15) is 4.79 Å². The van der Waals surface area contributed by atoms with Gasteiger partial charge in [-0.25, -0.2) is 4.99 Å². The normalized spacial score (nSPS) is 15.4. The average molecular weight is 360 g/mol. The number of benzene rings is 2. The maximum atomic E-state index is 12.5. The van der Waals surface area contributed by atoms with E-state index in [2.05, 4.69) is 10.3 Å². The van der Waals surface area contributed by atoms with Crippen molar-refractivity contribution in [2.45, 2.75) is 0 Å². The largest absolute Gasteiger partial charge is 0.382 e. The first-order chi connectivity index (χ1) is 11.5. The summed E-state index contributed by atoms with van der Waals surface area (Å²) in [6, 6.07) is 12.7. The third-order valence-electron chi connectivity index (χ3n) is 3.46. The zero-order valence-electron chi connectivity index (χ0n) is 13.2. The first-order valence-electron chi connectivity index (χ1n) is 7.29. The van der Waals surface area contributed by atoms with E-state index in [0.29, 0.717) is 27.1 Å². The number of nitrogens with zero attached hydrogens (tertiary/aromatic N) is 2. The summed E-state index contributed by atoms with van der Waals surface area (Å²) >= 11 is 12.5. The Balaban J connectivity index is 2.29. The highest BCUT2D eigenvalue weighted by atomic mass is 35.5. The van der Waals surface area contributed by atoms with E-state index in [1.807, 2.05) is 32.3 Å². The number of halogens is 2. The Morgan fingerprint density at radius 1 is 1.08 bits per heavy atom. The molecule has 1 amide bonds. The van der Waals surface area contributed by atoms with Crippen LogP contribution in [0.1, 0.15) is 11.1 Å². The standard InChI is InChI=1S/C18H15Cl2N3O/c1-23(2)10-16-18(24)22-15-8-7-11(19)9-13(15)17(21-16)12-5-3-4-6-14(12)20/h3-10H,1-2H3,(H,22,24). The van der Waals surface area contributed by atoms with E-state index < -0.39 is 0 Å². The predicted molar refractivity (Wildman–Crippen MR) is 98.9 cm³/mol. The van der Waals surface area contributed by atoms with Crippen molar-refractivity contribution in [3.05, 3.63) is 75.5 Å². The molecule has 0 bridgehead atoms. The molecule has 4 nitrogen and oxygen atoms in total. The van der Waals surface area contributed by atoms with Gasteiger partial charge in [-0.1, -0.05) is 41.4 Å². The van der Waals surface area contributed by atoms with Crippen LogP contribution in [0.2, 0.25) is 10.0 Å². The molecule has 1 N–H and O–H groups in total. The Morgan fingerprint density at radius 3 is 2.54 bits per heavy atom. The van der Waals surface area contributed by atoms with Crippen LogP contribution in [0.3, 0.4) is 0 Å². The van der Waals surface area contributed by atoms with Gasteiger partial charge < -0.3 is 10.2 Å². The number of hydrogen-bond acceptors (Lipinski definition) is 3. The zero-order chi connectivity index (χ0) is 17.3. The molecule has 0 saturated carbocycles. The summed E-state index contributed by atoms with van der Waals surface area (Å²) in [5.74, 6) is -0.283. The number of carbonyl (C=O) groups is 1. The number of nitrogens with one attached hydrogen (secondary N) is 1. The number of fused-ring (bicyclic) bond motifs is 1. The number of carbonyl (C=O) groups excluding carboxylic acids is 1. The molecule has 0 atom stereocenters. The number of aliphatic imine (C=N–C) groups is 1. The molecular formula is C18H15Cl2N3O. The molecule has 24 heavy (non-hydrogen) atoms. The van der Waals surface area contributed by atoms with Crippen LogP contribution in [0, 0.1) is 0 Å². The average Bonchev–Trinajstić information content (AvgIpc) is 2.65. The van der Waals surface area contributed by atoms with Crippen molar-refractivity contribution in [3.63, 3.8) is 0 Å². The first-order valence-corrected chi connectivity index (χ1v) is 8.04. The van der Waals surface area contributed by atoms with Crippen LogP contribution >= 0.6 is 23.2 Å². The summed E-state index contributed by atoms with van der Waals surface area (Å²) in [7, 11) is 3.67. The minimum atomic E-state index is -0.283. The number of rotatable bonds is 2. The lowest BCUT2D eigenvalue weighted by Crippen LogP contribution is -2.15. The molecule has 1 heterocycles. The Kier molecular flexibility index (Phi) is 4.60. The van der Waals surface area contributed by atoms with Gasteiger partial charge in [0.25, 0.3) is 5.91 Å². The van der Waals surface area contributed by atoms with Gasteiger partial charge in [0.05, 0.1) is 11.4 Å². The maximum absolute atomic E-state index is 12.5. The minimum Gasteiger partial charge on any atom is -0.382 e. The fraction of sp³-hybridized carbons (Fsp3) is 0.111. The molecule has 0 aromatic heterocycles. The van der Waals surface area contributed by atoms with Gasteiger partial charge in [-0.3, -0.25) is 4.79 Å². The zero-order valence-corrected chi connectivity index (χ0v) is 14.7. The number of benzodiazepines with no additional fused rings is 1. The van der Waals surface area contributed by atoms with Gasteiger partial charge in [0.2, 0.25) is 0 Å². The molecule has 1 aliphatic rings. The maximum Gasteiger partial charge on any atom is 0.275 e. The highest BCUT2D eigenvalue weighted by Gasteiger charge is 2.23. The molecule has 0 aliphatic carbocycles. The smallest absolute Gasteiger partial charge is 0.275 e. The quantitative estimate of drug-likeness (QED) is 0.817. The monoisotopic (exact) mass is 359 g/mol. The van der Waals surface area contributed by atoms with Crippen LogP contribution in [0.4, 0.5) is 5.69 Å². The third-order valence-corrected chi connectivity index (χ3v) is 4.02. The Morgan fingerprint density at radius 2 is 1.83 bits per heavy atom. The molecule has 0 fully saturated rings. The van der Waals surface area contributed by atoms with E-state index in [1.54, 1.807) is 35.4 Å². The van der Waals surface area contributed by atoms with Crippen LogP contribution in [-0.2, 0) is 4.79 Å². The highest BCUT2D eigenvalue weighted by molar-refractivity contribution is 6.37. The van der Waals surface area contributed by atoms with Crippen molar-refractivity contribution >= 4 is 40.5 Å². The van der Waals surface area contributed by atoms with Crippen LogP contribution in [0.15, 0.2) is 59.4 Å². The second kappa shape index (κ2) is 6.67. The minimum absolute atomic E-state index is 0.283. The Hall–Kier alpha value is -2.30. The van der Waals surface area contributed by atoms with Crippen molar-refractivity contribution in [3.8, 4) is 0 Å². The molecule has 2 aromatic carbocycles. The fourth-order valence-corrected chi connectivity index (χ4v) is 2.83. The highest BCUT2D eigenvalue weighted by Crippen LogP contribution is 2.30. The summed E-state index contributed by atoms with van der Waals surface area (Å²) in [6.45, 7) is 0. The molecule has 0 saturated heterocycles. The summed E-state index contributed by atoms with van der Waals surface area (Å²) in [5, 5.41) is 3.99. The lowest BCUT2D eigenvalue weighted by molar-refractivity contribution is -0.112. The van der Waals surface area contributed by atoms with E-state index in [4.69, 9.17) is 23.2 Å². The first kappa shape index (κ1) is 16.6. The fourth-order valence-electron chi connectivity index (χ4n) is 2.43. The topological polar surface area (TPSA) is 44.7 Å². The molecular weight excluding hydrogens is 345 g/mol. The van der Waals surface area contributed by atoms with Crippen LogP contribution in [0.5, 0.6) is 0 Å². The van der Waals surface area contributed by atoms with Gasteiger partial charge >= 0.3 is 0 Å². The Labute approximate surface area is 150 Å². The molecule has 0 spiro atoms. The second-order valence-electron chi connectivity index (χ2n) is 5.56. The van der Waals surface area contributed by atoms with E-state index in [-0.39, 0.29) is 5.91 Å². The van der Waals surface area contributed by atoms with E-state index in [0.717, 1.165) is 11.1 Å². The molecule has 2 aromatic rings. The summed E-state index contributed by atoms with van der Waals surface area (Å²) in [4.78, 5) is 18.8. The van der Waals surface area contributed by atoms with Crippen molar-refractivity contribution in [2.75, 3.05) is 19.4 Å². The number of amides is 1. The van der Waals surface area contributed by atoms with E-state index >= 15 is 0 Å². The predicted octanol–water partition coefficient (Wildman–Crippen LogP) is 4.19. The van der Waals surface area contributed by atoms with Crippen molar-refractivity contribution in [1.29, 1.82) is 0 Å². The van der Waals surface area contributed by atoms with Crippen molar-refractivity contribution in [2.24, 2.45) is 4.99 Å². The lowest BCUT2D eigenvalue weighted by atomic mass is 10.0. The van der Waals surface area contributed by atoms with Gasteiger partial charge in [0.1, 0.15) is 5.70 Å². The summed E-state index contributed by atoms with van der Waals surface area (Å²) < 4.78 is 0. The van der Waals surface area contributed by atoms with E-state index in [1.165, 1.54) is 0 Å². The van der Waals surface area contributed by atoms with Crippen molar-refractivity contribution in [1.82, 2.24) is 4.90 Å². The van der Waals surface area contributed by atoms with Crippen LogP contribution in [0.25, 0.3) is 0 Å². The SMILES string of the molecule is CN(C)C=C1N=C(c2ccccc2Cl)c2cc(Cl)ccc2NC1=O. The van der Waals surface area contributed by atoms with Gasteiger partial charge in [-0.05, 0) is 24.3 Å². The van der Waals surface area contributed by atoms with Gasteiger partial charge in [0, 0.05) is 41.5 Å². The van der Waals surface area contributed by atoms with Gasteiger partial charge in [0.15, 0.2) is 0 Å². The van der Waals surface area contributed by atoms with Gasteiger partial charge in [-0.15, -0.1) is 0 Å². The molecule has 0 radical (unpaired) electrons. The number of anilines is 1. The molecule has 6 heteroatoms. The van der Waals surface area contributed by atoms with Gasteiger partial charge in [-0.2, -0.15) is 0 Å². The molecule has 122 valence electrons. The summed E-state index contributed by atoms with van der Waals surface area (Å²) in [6.07, 6.45) is 1.67. The lowest BCUT2D eigenvalue weighted by Gasteiger charge is -2.11. The third kappa shape index (κ3) is 3.30.